The number of halogens is 2. The fraction of sp³-hybridized carbons (Fsp3) is 0. The molecule has 20 heavy (non-hydrogen) atoms. The third-order valence-corrected chi connectivity index (χ3v) is 3.01. The Bertz CT molecular complexity index is 686. The topological polar surface area (TPSA) is 51.0 Å². The number of anilines is 2. The molecule has 0 atom stereocenters. The van der Waals surface area contributed by atoms with Gasteiger partial charge in [-0.05, 0) is 30.3 Å². The molecule has 0 fully saturated rings. The molecule has 0 spiro atoms. The summed E-state index contributed by atoms with van der Waals surface area (Å²) in [5, 5.41) is 11.1. The third kappa shape index (κ3) is 3.46. The Morgan fingerprint density at radius 1 is 0.950 bits per heavy atom. The molecular weight excluding hydrogens is 386 g/mol. The minimum atomic E-state index is 0. The van der Waals surface area contributed by atoms with Gasteiger partial charge in [0.25, 0.3) is 0 Å². The molecule has 0 amide bonds. The quantitative estimate of drug-likeness (QED) is 0.689. The normalized spacial score (nSPS) is 9.85. The monoisotopic (exact) mass is 395 g/mol. The van der Waals surface area contributed by atoms with Gasteiger partial charge in [0.2, 0.25) is 5.89 Å². The number of hydrogen-bond donors (Lipinski definition) is 1. The van der Waals surface area contributed by atoms with E-state index in [2.05, 4.69) is 31.4 Å². The minimum Gasteiger partial charge on any atom is -0.403 e. The van der Waals surface area contributed by atoms with Gasteiger partial charge in [-0.1, -0.05) is 45.3 Å². The highest BCUT2D eigenvalue weighted by atomic mass is 79.9. The number of aromatic nitrogens is 2. The number of hydrogen-bond acceptors (Lipinski definition) is 4. The van der Waals surface area contributed by atoms with Crippen molar-refractivity contribution < 1.29 is 4.42 Å². The van der Waals surface area contributed by atoms with Gasteiger partial charge in [-0.2, -0.15) is 0 Å². The maximum absolute atomic E-state index is 5.57. The average molecular weight is 397 g/mol. The zero-order valence-electron chi connectivity index (χ0n) is 10.3. The Kier molecular flexibility index (Phi) is 4.92. The third-order valence-electron chi connectivity index (χ3n) is 2.52. The minimum absolute atomic E-state index is 0. The van der Waals surface area contributed by atoms with E-state index in [0.717, 1.165) is 15.7 Å². The van der Waals surface area contributed by atoms with Crippen molar-refractivity contribution in [1.29, 1.82) is 0 Å². The summed E-state index contributed by atoms with van der Waals surface area (Å²) in [5.74, 6) is 0.486. The lowest BCUT2D eigenvalue weighted by molar-refractivity contribution is 0.587. The molecule has 1 N–H and O–H groups in total. The number of benzene rings is 2. The van der Waals surface area contributed by atoms with Crippen LogP contribution < -0.4 is 5.32 Å². The summed E-state index contributed by atoms with van der Waals surface area (Å²) in [6.07, 6.45) is 0. The second-order valence-electron chi connectivity index (χ2n) is 3.91. The summed E-state index contributed by atoms with van der Waals surface area (Å²) < 4.78 is 6.55. The lowest BCUT2D eigenvalue weighted by Gasteiger charge is -1.99. The van der Waals surface area contributed by atoms with E-state index >= 15 is 0 Å². The standard InChI is InChI=1S/C14H10BrN3O.BrH/c15-11-6-4-5-10(9-11)13-17-18-14(19-13)16-12-7-2-1-3-8-12;/h1-9H,(H,16,18);1H. The van der Waals surface area contributed by atoms with Crippen molar-refractivity contribution in [1.82, 2.24) is 10.2 Å². The molecule has 1 aromatic heterocycles. The summed E-state index contributed by atoms with van der Waals surface area (Å²) in [6.45, 7) is 0. The molecule has 6 heteroatoms. The van der Waals surface area contributed by atoms with Gasteiger partial charge in [0.1, 0.15) is 0 Å². The average Bonchev–Trinajstić information content (AvgIpc) is 2.88. The molecule has 0 aliphatic heterocycles. The van der Waals surface area contributed by atoms with Crippen LogP contribution in [0.3, 0.4) is 0 Å². The molecular formula is C14H11Br2N3O. The fourth-order valence-corrected chi connectivity index (χ4v) is 2.06. The molecule has 0 saturated heterocycles. The Hall–Kier alpha value is -1.66. The fourth-order valence-electron chi connectivity index (χ4n) is 1.66. The summed E-state index contributed by atoms with van der Waals surface area (Å²) in [7, 11) is 0. The van der Waals surface area contributed by atoms with Crippen LogP contribution in [-0.2, 0) is 0 Å². The molecule has 0 aliphatic rings. The molecule has 4 nitrogen and oxygen atoms in total. The van der Waals surface area contributed by atoms with Crippen molar-refractivity contribution in [3.63, 3.8) is 0 Å². The van der Waals surface area contributed by atoms with Crippen LogP contribution in [0, 0.1) is 0 Å². The molecule has 0 aliphatic carbocycles. The van der Waals surface area contributed by atoms with Crippen molar-refractivity contribution >= 4 is 44.6 Å². The Balaban J connectivity index is 0.00000147. The molecule has 1 heterocycles. The maximum atomic E-state index is 5.57. The highest BCUT2D eigenvalue weighted by Crippen LogP contribution is 2.24. The lowest BCUT2D eigenvalue weighted by atomic mass is 10.2. The van der Waals surface area contributed by atoms with Gasteiger partial charge in [-0.15, -0.1) is 22.1 Å². The molecule has 0 saturated carbocycles. The number of nitrogens with zero attached hydrogens (tertiary/aromatic N) is 2. The van der Waals surface area contributed by atoms with E-state index in [4.69, 9.17) is 4.42 Å². The molecule has 0 bridgehead atoms. The van der Waals surface area contributed by atoms with Crippen LogP contribution in [0.15, 0.2) is 63.5 Å². The van der Waals surface area contributed by atoms with E-state index in [1.54, 1.807) is 0 Å². The van der Waals surface area contributed by atoms with Crippen LogP contribution >= 0.6 is 32.9 Å². The first-order chi connectivity index (χ1) is 9.31. The van der Waals surface area contributed by atoms with E-state index in [1.165, 1.54) is 0 Å². The predicted molar refractivity (Wildman–Crippen MR) is 87.5 cm³/mol. The number of nitrogens with one attached hydrogen (secondary N) is 1. The van der Waals surface area contributed by atoms with Gasteiger partial charge in [0.15, 0.2) is 0 Å². The number of para-hydroxylation sites is 1. The zero-order chi connectivity index (χ0) is 13.1. The second-order valence-corrected chi connectivity index (χ2v) is 4.83. The van der Waals surface area contributed by atoms with E-state index in [0.29, 0.717) is 11.9 Å². The van der Waals surface area contributed by atoms with Crippen molar-refractivity contribution in [2.75, 3.05) is 5.32 Å². The van der Waals surface area contributed by atoms with E-state index < -0.39 is 0 Å². The van der Waals surface area contributed by atoms with E-state index in [1.807, 2.05) is 54.6 Å². The van der Waals surface area contributed by atoms with Gasteiger partial charge in [-0.25, -0.2) is 0 Å². The first-order valence-electron chi connectivity index (χ1n) is 5.73. The van der Waals surface area contributed by atoms with Crippen molar-refractivity contribution in [2.45, 2.75) is 0 Å². The van der Waals surface area contributed by atoms with Crippen molar-refractivity contribution in [2.24, 2.45) is 0 Å². The van der Waals surface area contributed by atoms with Gasteiger partial charge in [0.05, 0.1) is 0 Å². The Morgan fingerprint density at radius 2 is 1.75 bits per heavy atom. The van der Waals surface area contributed by atoms with Crippen LogP contribution in [0.1, 0.15) is 0 Å². The van der Waals surface area contributed by atoms with E-state index in [-0.39, 0.29) is 17.0 Å². The largest absolute Gasteiger partial charge is 0.403 e. The SMILES string of the molecule is Br.Brc1cccc(-c2nnc(Nc3ccccc3)o2)c1. The van der Waals surface area contributed by atoms with Crippen LogP contribution in [0.4, 0.5) is 11.7 Å². The molecule has 0 unspecified atom stereocenters. The summed E-state index contributed by atoms with van der Waals surface area (Å²) in [5.41, 5.74) is 1.79. The van der Waals surface area contributed by atoms with Gasteiger partial charge < -0.3 is 9.73 Å². The molecule has 2 aromatic carbocycles. The summed E-state index contributed by atoms with van der Waals surface area (Å²) in [4.78, 5) is 0. The maximum Gasteiger partial charge on any atom is 0.320 e. The van der Waals surface area contributed by atoms with Crippen molar-refractivity contribution in [3.8, 4) is 11.5 Å². The zero-order valence-corrected chi connectivity index (χ0v) is 13.6. The van der Waals surface area contributed by atoms with E-state index in [9.17, 15) is 0 Å². The van der Waals surface area contributed by atoms with Gasteiger partial charge >= 0.3 is 6.01 Å². The highest BCUT2D eigenvalue weighted by Gasteiger charge is 2.08. The molecule has 102 valence electrons. The second kappa shape index (κ2) is 6.67. The highest BCUT2D eigenvalue weighted by molar-refractivity contribution is 9.10. The lowest BCUT2D eigenvalue weighted by Crippen LogP contribution is -1.88. The molecule has 3 aromatic rings. The van der Waals surface area contributed by atoms with Crippen LogP contribution in [0.2, 0.25) is 0 Å². The predicted octanol–water partition coefficient (Wildman–Crippen LogP) is 4.82. The molecule has 3 rings (SSSR count). The number of rotatable bonds is 3. The summed E-state index contributed by atoms with van der Waals surface area (Å²) in [6, 6.07) is 17.8. The Morgan fingerprint density at radius 3 is 2.50 bits per heavy atom. The molecule has 0 radical (unpaired) electrons. The van der Waals surface area contributed by atoms with Crippen molar-refractivity contribution in [3.05, 3.63) is 59.1 Å². The first-order valence-corrected chi connectivity index (χ1v) is 6.52. The van der Waals surface area contributed by atoms with Gasteiger partial charge in [-0.3, -0.25) is 0 Å². The van der Waals surface area contributed by atoms with Crippen LogP contribution in [0.25, 0.3) is 11.5 Å². The van der Waals surface area contributed by atoms with Crippen LogP contribution in [-0.4, -0.2) is 10.2 Å². The Labute approximate surface area is 135 Å². The smallest absolute Gasteiger partial charge is 0.320 e. The first kappa shape index (κ1) is 14.7. The summed E-state index contributed by atoms with van der Waals surface area (Å²) >= 11 is 3.41. The van der Waals surface area contributed by atoms with Crippen LogP contribution in [0.5, 0.6) is 0 Å². The van der Waals surface area contributed by atoms with Gasteiger partial charge in [0, 0.05) is 15.7 Å².